The SMILES string of the molecule is N#CC1(N(c2ccccc2)N(Cl)S(=O)O)CCN(Cc2ccccc2C(F)(F)F)CC1. The molecule has 3 rings (SSSR count). The van der Waals surface area contributed by atoms with E-state index in [0.29, 0.717) is 22.7 Å². The Hall–Kier alpha value is -2.16. The molecule has 1 N–H and O–H groups in total. The van der Waals surface area contributed by atoms with Crippen molar-refractivity contribution in [2.24, 2.45) is 0 Å². The summed E-state index contributed by atoms with van der Waals surface area (Å²) in [7, 11) is 0. The average molecular weight is 473 g/mol. The zero-order valence-corrected chi connectivity index (χ0v) is 17.9. The van der Waals surface area contributed by atoms with E-state index in [1.54, 1.807) is 36.4 Å². The lowest BCUT2D eigenvalue weighted by molar-refractivity contribution is -0.138. The van der Waals surface area contributed by atoms with Gasteiger partial charge in [0.15, 0.2) is 0 Å². The first-order chi connectivity index (χ1) is 14.7. The number of likely N-dealkylation sites (tertiary alicyclic amines) is 1. The monoisotopic (exact) mass is 472 g/mol. The number of halogens is 4. The molecular formula is C20H20ClF3N4O2S. The highest BCUT2D eigenvalue weighted by atomic mass is 35.5. The van der Waals surface area contributed by atoms with E-state index in [1.807, 2.05) is 4.90 Å². The second-order valence-corrected chi connectivity index (χ2v) is 8.51. The molecule has 1 saturated heterocycles. The van der Waals surface area contributed by atoms with Crippen LogP contribution in [0.15, 0.2) is 54.6 Å². The lowest BCUT2D eigenvalue weighted by Gasteiger charge is -2.46. The van der Waals surface area contributed by atoms with Crippen LogP contribution in [-0.2, 0) is 24.0 Å². The number of rotatable bonds is 6. The summed E-state index contributed by atoms with van der Waals surface area (Å²) < 4.78 is 61.7. The summed E-state index contributed by atoms with van der Waals surface area (Å²) in [6.45, 7) is 0.705. The first-order valence-electron chi connectivity index (χ1n) is 9.39. The van der Waals surface area contributed by atoms with Crippen molar-refractivity contribution in [2.75, 3.05) is 18.1 Å². The second-order valence-electron chi connectivity index (χ2n) is 7.18. The molecule has 0 amide bonds. The first kappa shape index (κ1) is 23.5. The molecule has 0 aliphatic carbocycles. The topological polar surface area (TPSA) is 70.8 Å². The molecule has 11 heteroatoms. The Morgan fingerprint density at radius 2 is 1.71 bits per heavy atom. The maximum absolute atomic E-state index is 13.3. The number of alkyl halides is 3. The van der Waals surface area contributed by atoms with Crippen LogP contribution in [0, 0.1) is 11.3 Å². The second kappa shape index (κ2) is 9.54. The summed E-state index contributed by atoms with van der Waals surface area (Å²) >= 11 is 3.49. The van der Waals surface area contributed by atoms with Crippen molar-refractivity contribution in [3.63, 3.8) is 0 Å². The average Bonchev–Trinajstić information content (AvgIpc) is 2.75. The Labute approximate surface area is 185 Å². The molecule has 1 aliphatic rings. The van der Waals surface area contributed by atoms with Crippen LogP contribution in [0.4, 0.5) is 18.9 Å². The number of benzene rings is 2. The predicted molar refractivity (Wildman–Crippen MR) is 112 cm³/mol. The molecule has 1 aliphatic heterocycles. The summed E-state index contributed by atoms with van der Waals surface area (Å²) in [6, 6.07) is 16.1. The Bertz CT molecular complexity index is 963. The first-order valence-corrected chi connectivity index (χ1v) is 10.8. The number of anilines is 1. The van der Waals surface area contributed by atoms with Crippen LogP contribution in [-0.4, -0.2) is 36.2 Å². The molecule has 0 saturated carbocycles. The normalized spacial score (nSPS) is 17.8. The molecule has 0 spiro atoms. The largest absolute Gasteiger partial charge is 0.416 e. The fraction of sp³-hybridized carbons (Fsp3) is 0.350. The molecular weight excluding hydrogens is 453 g/mol. The van der Waals surface area contributed by atoms with Crippen LogP contribution in [0.25, 0.3) is 0 Å². The maximum atomic E-state index is 13.3. The van der Waals surface area contributed by atoms with E-state index in [2.05, 4.69) is 6.07 Å². The van der Waals surface area contributed by atoms with Crippen molar-refractivity contribution in [2.45, 2.75) is 31.1 Å². The van der Waals surface area contributed by atoms with Gasteiger partial charge >= 0.3 is 6.18 Å². The maximum Gasteiger partial charge on any atom is 0.416 e. The highest BCUT2D eigenvalue weighted by Crippen LogP contribution is 2.37. The molecule has 1 atom stereocenters. The van der Waals surface area contributed by atoms with Crippen LogP contribution >= 0.6 is 11.8 Å². The molecule has 1 fully saturated rings. The Kier molecular flexibility index (Phi) is 7.24. The highest BCUT2D eigenvalue weighted by Gasteiger charge is 2.45. The molecule has 1 heterocycles. The van der Waals surface area contributed by atoms with Gasteiger partial charge in [0.1, 0.15) is 5.54 Å². The van der Waals surface area contributed by atoms with Gasteiger partial charge in [0.25, 0.3) is 11.3 Å². The number of hydrogen-bond acceptors (Lipinski definition) is 4. The fourth-order valence-electron chi connectivity index (χ4n) is 3.76. The molecule has 31 heavy (non-hydrogen) atoms. The van der Waals surface area contributed by atoms with Gasteiger partial charge in [0.2, 0.25) is 0 Å². The van der Waals surface area contributed by atoms with Crippen LogP contribution < -0.4 is 5.01 Å². The number of para-hydroxylation sites is 1. The van der Waals surface area contributed by atoms with Crippen molar-refractivity contribution in [1.82, 2.24) is 8.83 Å². The van der Waals surface area contributed by atoms with Crippen molar-refractivity contribution >= 4 is 28.7 Å². The summed E-state index contributed by atoms with van der Waals surface area (Å²) in [5.41, 5.74) is -1.30. The van der Waals surface area contributed by atoms with Gasteiger partial charge in [-0.25, -0.2) is 4.21 Å². The number of piperidine rings is 1. The van der Waals surface area contributed by atoms with Gasteiger partial charge in [0, 0.05) is 31.4 Å². The molecule has 0 bridgehead atoms. The van der Waals surface area contributed by atoms with Gasteiger partial charge in [-0.2, -0.15) is 18.4 Å². The molecule has 0 aromatic heterocycles. The Balaban J connectivity index is 1.82. The van der Waals surface area contributed by atoms with Crippen molar-refractivity contribution < 1.29 is 21.9 Å². The quantitative estimate of drug-likeness (QED) is 0.378. The third-order valence-corrected chi connectivity index (χ3v) is 6.23. The number of nitrogens with zero attached hydrogens (tertiary/aromatic N) is 4. The predicted octanol–water partition coefficient (Wildman–Crippen LogP) is 4.58. The zero-order valence-electron chi connectivity index (χ0n) is 16.3. The van der Waals surface area contributed by atoms with E-state index in [1.165, 1.54) is 17.1 Å². The fourth-order valence-corrected chi connectivity index (χ4v) is 4.38. The lowest BCUT2D eigenvalue weighted by Crippen LogP contribution is -2.59. The van der Waals surface area contributed by atoms with Crippen molar-refractivity contribution in [3.05, 3.63) is 65.7 Å². The smallest absolute Gasteiger partial charge is 0.299 e. The van der Waals surface area contributed by atoms with Crippen molar-refractivity contribution in [3.8, 4) is 6.07 Å². The summed E-state index contributed by atoms with van der Waals surface area (Å²) in [6.07, 6.45) is -4.02. The van der Waals surface area contributed by atoms with E-state index >= 15 is 0 Å². The van der Waals surface area contributed by atoms with E-state index < -0.39 is 28.5 Å². The molecule has 2 aromatic rings. The van der Waals surface area contributed by atoms with Crippen LogP contribution in [0.5, 0.6) is 0 Å². The molecule has 2 aromatic carbocycles. The van der Waals surface area contributed by atoms with Gasteiger partial charge in [-0.15, -0.1) is 0 Å². The van der Waals surface area contributed by atoms with Gasteiger partial charge in [0.05, 0.1) is 17.3 Å². The highest BCUT2D eigenvalue weighted by molar-refractivity contribution is 7.77. The minimum atomic E-state index is -4.45. The van der Waals surface area contributed by atoms with E-state index in [0.717, 1.165) is 6.07 Å². The molecule has 6 nitrogen and oxygen atoms in total. The third-order valence-electron chi connectivity index (χ3n) is 5.30. The summed E-state index contributed by atoms with van der Waals surface area (Å²) in [4.78, 5) is 1.83. The van der Waals surface area contributed by atoms with Gasteiger partial charge in [-0.05, 0) is 40.5 Å². The van der Waals surface area contributed by atoms with Gasteiger partial charge in [-0.3, -0.25) is 14.5 Å². The number of hydrazine groups is 1. The number of nitriles is 1. The van der Waals surface area contributed by atoms with E-state index in [4.69, 9.17) is 11.8 Å². The summed E-state index contributed by atoms with van der Waals surface area (Å²) in [5, 5.41) is 11.3. The summed E-state index contributed by atoms with van der Waals surface area (Å²) in [5.74, 6) is 0. The lowest BCUT2D eigenvalue weighted by atomic mass is 9.87. The van der Waals surface area contributed by atoms with Gasteiger partial charge < -0.3 is 0 Å². The van der Waals surface area contributed by atoms with Gasteiger partial charge in [-0.1, -0.05) is 36.4 Å². The third kappa shape index (κ3) is 5.19. The van der Waals surface area contributed by atoms with Crippen LogP contribution in [0.1, 0.15) is 24.0 Å². The van der Waals surface area contributed by atoms with Crippen LogP contribution in [0.2, 0.25) is 0 Å². The molecule has 1 unspecified atom stereocenters. The van der Waals surface area contributed by atoms with E-state index in [9.17, 15) is 27.2 Å². The number of hydrogen-bond donors (Lipinski definition) is 1. The van der Waals surface area contributed by atoms with Crippen molar-refractivity contribution in [1.29, 1.82) is 5.26 Å². The Morgan fingerprint density at radius 3 is 2.26 bits per heavy atom. The minimum absolute atomic E-state index is 0.0824. The standard InChI is InChI=1S/C20H20ClF3N4O2S/c21-28(31(29)30)27(17-7-2-1-3-8-17)19(15-25)10-12-26(13-11-19)14-16-6-4-5-9-18(16)20(22,23)24/h1-9H,10-14H2,(H,29,30). The molecule has 166 valence electrons. The molecule has 0 radical (unpaired) electrons. The van der Waals surface area contributed by atoms with E-state index in [-0.39, 0.29) is 24.9 Å². The Morgan fingerprint density at radius 1 is 1.13 bits per heavy atom. The zero-order chi connectivity index (χ0) is 22.6. The van der Waals surface area contributed by atoms with Crippen LogP contribution in [0.3, 0.4) is 0 Å². The minimum Gasteiger partial charge on any atom is -0.299 e.